The van der Waals surface area contributed by atoms with Gasteiger partial charge < -0.3 is 19.5 Å². The van der Waals surface area contributed by atoms with Gasteiger partial charge in [0.15, 0.2) is 6.61 Å². The molecule has 0 fully saturated rings. The van der Waals surface area contributed by atoms with E-state index in [9.17, 15) is 37.7 Å². The number of nitrogens with zero attached hydrogens (tertiary/aromatic N) is 1. The number of nitro groups is 1. The highest BCUT2D eigenvalue weighted by molar-refractivity contribution is 6.00. The van der Waals surface area contributed by atoms with Crippen molar-refractivity contribution in [3.05, 3.63) is 62.5 Å². The first-order valence-electron chi connectivity index (χ1n) is 10.3. The van der Waals surface area contributed by atoms with E-state index in [1.54, 1.807) is 6.92 Å². The van der Waals surface area contributed by atoms with Gasteiger partial charge in [-0.2, -0.15) is 13.2 Å². The number of hydrogen-bond donors (Lipinski definition) is 1. The fourth-order valence-electron chi connectivity index (χ4n) is 3.45. The van der Waals surface area contributed by atoms with Crippen molar-refractivity contribution in [3.8, 4) is 0 Å². The SMILES string of the molecule is CCOC(=O)CCOC(=O)C1=C(C)NC(C)=C(C(=O)OCC(F)(F)F)C1c1cccc([N+](=O)[O-])c1. The predicted octanol–water partition coefficient (Wildman–Crippen LogP) is 3.43. The molecule has 0 aromatic heterocycles. The third-order valence-corrected chi connectivity index (χ3v) is 4.83. The summed E-state index contributed by atoms with van der Waals surface area (Å²) in [5.41, 5.74) is -0.525. The van der Waals surface area contributed by atoms with E-state index in [1.807, 2.05) is 0 Å². The van der Waals surface area contributed by atoms with Crippen LogP contribution in [-0.4, -0.2) is 48.8 Å². The molecule has 1 unspecified atom stereocenters. The number of ether oxygens (including phenoxy) is 3. The van der Waals surface area contributed by atoms with Crippen molar-refractivity contribution >= 4 is 23.6 Å². The van der Waals surface area contributed by atoms with E-state index in [-0.39, 0.29) is 53.4 Å². The van der Waals surface area contributed by atoms with Crippen LogP contribution in [0.2, 0.25) is 0 Å². The molecule has 35 heavy (non-hydrogen) atoms. The molecule has 0 radical (unpaired) electrons. The van der Waals surface area contributed by atoms with Crippen LogP contribution in [0.5, 0.6) is 0 Å². The molecule has 1 aliphatic rings. The first-order chi connectivity index (χ1) is 16.4. The van der Waals surface area contributed by atoms with Crippen molar-refractivity contribution in [1.82, 2.24) is 5.32 Å². The zero-order valence-corrected chi connectivity index (χ0v) is 19.1. The lowest BCUT2D eigenvalue weighted by Crippen LogP contribution is -2.33. The maximum Gasteiger partial charge on any atom is 0.422 e. The van der Waals surface area contributed by atoms with E-state index in [4.69, 9.17) is 9.47 Å². The van der Waals surface area contributed by atoms with Crippen LogP contribution >= 0.6 is 0 Å². The van der Waals surface area contributed by atoms with Crippen LogP contribution in [0.3, 0.4) is 0 Å². The summed E-state index contributed by atoms with van der Waals surface area (Å²) in [7, 11) is 0. The molecule has 190 valence electrons. The average Bonchev–Trinajstić information content (AvgIpc) is 2.76. The van der Waals surface area contributed by atoms with Crippen molar-refractivity contribution in [1.29, 1.82) is 0 Å². The van der Waals surface area contributed by atoms with Gasteiger partial charge in [-0.1, -0.05) is 12.1 Å². The molecule has 10 nitrogen and oxygen atoms in total. The van der Waals surface area contributed by atoms with Gasteiger partial charge in [-0.05, 0) is 26.3 Å². The Balaban J connectivity index is 2.48. The van der Waals surface area contributed by atoms with Gasteiger partial charge >= 0.3 is 24.1 Å². The van der Waals surface area contributed by atoms with E-state index in [0.29, 0.717) is 0 Å². The standard InChI is InChI=1S/C22H23F3N2O8/c1-4-33-16(28)8-9-34-20(29)17-12(2)26-13(3)18(21(30)35-11-22(23,24)25)19(17)14-6-5-7-15(10-14)27(31)32/h5-7,10,19,26H,4,8-9,11H2,1-3H3. The van der Waals surface area contributed by atoms with E-state index < -0.39 is 41.5 Å². The Labute approximate surface area is 197 Å². The lowest BCUT2D eigenvalue weighted by molar-refractivity contribution is -0.384. The molecule has 1 aliphatic heterocycles. The monoisotopic (exact) mass is 500 g/mol. The average molecular weight is 500 g/mol. The number of alkyl halides is 3. The van der Waals surface area contributed by atoms with Gasteiger partial charge in [0.05, 0.1) is 35.0 Å². The van der Waals surface area contributed by atoms with Crippen molar-refractivity contribution in [2.24, 2.45) is 0 Å². The molecular formula is C22H23F3N2O8. The lowest BCUT2D eigenvalue weighted by atomic mass is 9.80. The maximum atomic E-state index is 13.0. The highest BCUT2D eigenvalue weighted by atomic mass is 19.4. The van der Waals surface area contributed by atoms with Gasteiger partial charge in [-0.3, -0.25) is 14.9 Å². The molecule has 0 spiro atoms. The Morgan fingerprint density at radius 1 is 1.06 bits per heavy atom. The van der Waals surface area contributed by atoms with Crippen LogP contribution in [0.4, 0.5) is 18.9 Å². The van der Waals surface area contributed by atoms with Gasteiger partial charge in [0, 0.05) is 23.5 Å². The van der Waals surface area contributed by atoms with Crippen LogP contribution in [-0.2, 0) is 28.6 Å². The highest BCUT2D eigenvalue weighted by Gasteiger charge is 2.40. The Kier molecular flexibility index (Phi) is 8.98. The summed E-state index contributed by atoms with van der Waals surface area (Å²) in [5.74, 6) is -4.31. The summed E-state index contributed by atoms with van der Waals surface area (Å²) < 4.78 is 52.3. The molecule has 1 atom stereocenters. The summed E-state index contributed by atoms with van der Waals surface area (Å²) in [6, 6.07) is 4.96. The molecule has 2 rings (SSSR count). The molecule has 1 aromatic rings. The second-order valence-corrected chi connectivity index (χ2v) is 7.37. The molecule has 1 N–H and O–H groups in total. The molecule has 0 saturated heterocycles. The van der Waals surface area contributed by atoms with Crippen LogP contribution in [0.25, 0.3) is 0 Å². The van der Waals surface area contributed by atoms with Crippen LogP contribution < -0.4 is 5.32 Å². The van der Waals surface area contributed by atoms with E-state index >= 15 is 0 Å². The molecule has 0 amide bonds. The fraction of sp³-hybridized carbons (Fsp3) is 0.409. The topological polar surface area (TPSA) is 134 Å². The molecule has 0 bridgehead atoms. The number of carbonyl (C=O) groups is 3. The van der Waals surface area contributed by atoms with Gasteiger partial charge in [-0.25, -0.2) is 9.59 Å². The number of allylic oxidation sites excluding steroid dienone is 2. The third kappa shape index (κ3) is 7.29. The number of esters is 3. The molecule has 13 heteroatoms. The number of carbonyl (C=O) groups excluding carboxylic acids is 3. The van der Waals surface area contributed by atoms with Crippen LogP contribution in [0.15, 0.2) is 46.8 Å². The second kappa shape index (κ2) is 11.5. The van der Waals surface area contributed by atoms with Crippen LogP contribution in [0, 0.1) is 10.1 Å². The van der Waals surface area contributed by atoms with Crippen LogP contribution in [0.1, 0.15) is 38.7 Å². The van der Waals surface area contributed by atoms with Crippen molar-refractivity contribution in [3.63, 3.8) is 0 Å². The van der Waals surface area contributed by atoms with Crippen molar-refractivity contribution < 1.29 is 46.7 Å². The van der Waals surface area contributed by atoms with E-state index in [1.165, 1.54) is 32.0 Å². The fourth-order valence-corrected chi connectivity index (χ4v) is 3.45. The van der Waals surface area contributed by atoms with E-state index in [2.05, 4.69) is 10.1 Å². The lowest BCUT2D eigenvalue weighted by Gasteiger charge is -2.30. The second-order valence-electron chi connectivity index (χ2n) is 7.37. The minimum Gasteiger partial charge on any atom is -0.466 e. The first kappa shape index (κ1) is 27.3. The zero-order valence-electron chi connectivity index (χ0n) is 19.1. The number of non-ortho nitro benzene ring substituents is 1. The molecule has 1 aromatic carbocycles. The Hall–Kier alpha value is -3.90. The number of dihydropyridines is 1. The number of nitrogens with one attached hydrogen (secondary N) is 1. The van der Waals surface area contributed by atoms with Gasteiger partial charge in [0.2, 0.25) is 0 Å². The Bertz CT molecular complexity index is 1080. The quantitative estimate of drug-likeness (QED) is 0.234. The summed E-state index contributed by atoms with van der Waals surface area (Å²) in [6.07, 6.45) is -5.05. The number of rotatable bonds is 9. The molecule has 1 heterocycles. The minimum atomic E-state index is -4.80. The maximum absolute atomic E-state index is 13.0. The Morgan fingerprint density at radius 3 is 2.20 bits per heavy atom. The normalized spacial score (nSPS) is 15.9. The summed E-state index contributed by atoms with van der Waals surface area (Å²) in [6.45, 7) is 2.35. The number of hydrogen-bond acceptors (Lipinski definition) is 9. The molecule has 0 aliphatic carbocycles. The van der Waals surface area contributed by atoms with E-state index in [0.717, 1.165) is 6.07 Å². The molecule has 0 saturated carbocycles. The van der Waals surface area contributed by atoms with Gasteiger partial charge in [0.1, 0.15) is 6.61 Å². The smallest absolute Gasteiger partial charge is 0.422 e. The van der Waals surface area contributed by atoms with Crippen molar-refractivity contribution in [2.45, 2.75) is 39.3 Å². The summed E-state index contributed by atoms with van der Waals surface area (Å²) in [5, 5.41) is 14.0. The minimum absolute atomic E-state index is 0.0794. The number of halogens is 3. The predicted molar refractivity (Wildman–Crippen MR) is 114 cm³/mol. The summed E-state index contributed by atoms with van der Waals surface area (Å²) >= 11 is 0. The third-order valence-electron chi connectivity index (χ3n) is 4.83. The first-order valence-corrected chi connectivity index (χ1v) is 10.3. The highest BCUT2D eigenvalue weighted by Crippen LogP contribution is 2.40. The van der Waals surface area contributed by atoms with Gasteiger partial charge in [0.25, 0.3) is 5.69 Å². The van der Waals surface area contributed by atoms with Crippen molar-refractivity contribution in [2.75, 3.05) is 19.8 Å². The number of nitro benzene ring substituents is 1. The zero-order chi connectivity index (χ0) is 26.3. The number of benzene rings is 1. The largest absolute Gasteiger partial charge is 0.466 e. The van der Waals surface area contributed by atoms with Gasteiger partial charge in [-0.15, -0.1) is 0 Å². The molecular weight excluding hydrogens is 477 g/mol. The Morgan fingerprint density at radius 2 is 1.66 bits per heavy atom. The summed E-state index contributed by atoms with van der Waals surface area (Å²) in [4.78, 5) is 47.8.